The number of aromatic nitrogens is 1. The van der Waals surface area contributed by atoms with E-state index in [-0.39, 0.29) is 24.8 Å². The van der Waals surface area contributed by atoms with Gasteiger partial charge in [-0.15, -0.1) is 0 Å². The van der Waals surface area contributed by atoms with Gasteiger partial charge in [-0.1, -0.05) is 15.9 Å². The lowest BCUT2D eigenvalue weighted by Crippen LogP contribution is -2.44. The van der Waals surface area contributed by atoms with E-state index in [0.29, 0.717) is 14.3 Å². The summed E-state index contributed by atoms with van der Waals surface area (Å²) >= 11 is 3.19. The number of primary amides is 1. The van der Waals surface area contributed by atoms with Gasteiger partial charge in [0.25, 0.3) is 5.91 Å². The molecule has 2 aromatic rings. The van der Waals surface area contributed by atoms with Crippen molar-refractivity contribution >= 4 is 42.8 Å². The highest BCUT2D eigenvalue weighted by molar-refractivity contribution is 9.10. The first-order chi connectivity index (χ1) is 11.5. The Labute approximate surface area is 149 Å². The number of hydrogen-bond acceptors (Lipinski definition) is 3. The third-order valence-electron chi connectivity index (χ3n) is 4.11. The van der Waals surface area contributed by atoms with E-state index >= 15 is 0 Å². The van der Waals surface area contributed by atoms with Crippen LogP contribution in [0.5, 0.6) is 0 Å². The van der Waals surface area contributed by atoms with Crippen LogP contribution < -0.4 is 5.73 Å². The standard InChI is InChI=1S/C14H13BrF3N3O3S/c15-7-3-4-9-8(6-7)12(11(20-9)13(19)22)25(23,24)21-5-1-2-10(21)14(16,17)18/h3-4,6,10,20H,1-2,5H2,(H2,19,22)/t10-/m0/s1. The summed E-state index contributed by atoms with van der Waals surface area (Å²) in [6, 6.07) is 2.42. The molecule has 1 atom stereocenters. The second kappa shape index (κ2) is 5.99. The third kappa shape index (κ3) is 3.04. The number of hydrogen-bond donors (Lipinski definition) is 2. The minimum Gasteiger partial charge on any atom is -0.364 e. The molecule has 0 unspecified atom stereocenters. The Bertz CT molecular complexity index is 955. The van der Waals surface area contributed by atoms with Gasteiger partial charge in [-0.2, -0.15) is 17.5 Å². The number of nitrogens with zero attached hydrogens (tertiary/aromatic N) is 1. The summed E-state index contributed by atoms with van der Waals surface area (Å²) in [5, 5.41) is 0.107. The number of fused-ring (bicyclic) bond motifs is 1. The van der Waals surface area contributed by atoms with Gasteiger partial charge >= 0.3 is 6.18 Å². The fourth-order valence-electron chi connectivity index (χ4n) is 3.05. The number of nitrogens with two attached hydrogens (primary N) is 1. The van der Waals surface area contributed by atoms with E-state index in [9.17, 15) is 26.4 Å². The molecule has 1 aliphatic rings. The van der Waals surface area contributed by atoms with Gasteiger partial charge in [0, 0.05) is 21.9 Å². The maximum Gasteiger partial charge on any atom is 0.405 e. The topological polar surface area (TPSA) is 96.3 Å². The zero-order valence-corrected chi connectivity index (χ0v) is 15.0. The third-order valence-corrected chi connectivity index (χ3v) is 6.60. The quantitative estimate of drug-likeness (QED) is 0.769. The van der Waals surface area contributed by atoms with Crippen LogP contribution in [0.1, 0.15) is 23.3 Å². The van der Waals surface area contributed by atoms with Gasteiger partial charge in [0.1, 0.15) is 16.6 Å². The van der Waals surface area contributed by atoms with Crippen molar-refractivity contribution < 1.29 is 26.4 Å². The fourth-order valence-corrected chi connectivity index (χ4v) is 5.43. The van der Waals surface area contributed by atoms with Gasteiger partial charge in [0.05, 0.1) is 0 Å². The Kier molecular flexibility index (Phi) is 4.36. The van der Waals surface area contributed by atoms with E-state index in [1.54, 1.807) is 6.07 Å². The molecule has 1 saturated heterocycles. The molecule has 136 valence electrons. The monoisotopic (exact) mass is 439 g/mol. The molecule has 1 aromatic heterocycles. The summed E-state index contributed by atoms with van der Waals surface area (Å²) in [6.07, 6.45) is -4.93. The maximum absolute atomic E-state index is 13.2. The largest absolute Gasteiger partial charge is 0.405 e. The molecule has 0 saturated carbocycles. The highest BCUT2D eigenvalue weighted by Gasteiger charge is 2.51. The number of nitrogens with one attached hydrogen (secondary N) is 1. The number of carbonyl (C=O) groups is 1. The van der Waals surface area contributed by atoms with Crippen LogP contribution >= 0.6 is 15.9 Å². The van der Waals surface area contributed by atoms with Gasteiger partial charge in [0.2, 0.25) is 10.0 Å². The van der Waals surface area contributed by atoms with Crippen molar-refractivity contribution in [1.29, 1.82) is 0 Å². The first-order valence-corrected chi connectivity index (χ1v) is 9.46. The lowest BCUT2D eigenvalue weighted by molar-refractivity contribution is -0.165. The average Bonchev–Trinajstić information content (AvgIpc) is 3.11. The van der Waals surface area contributed by atoms with Crippen LogP contribution in [0.3, 0.4) is 0 Å². The molecule has 2 heterocycles. The fraction of sp³-hybridized carbons (Fsp3) is 0.357. The molecule has 25 heavy (non-hydrogen) atoms. The lowest BCUT2D eigenvalue weighted by atomic mass is 10.2. The second-order valence-electron chi connectivity index (χ2n) is 5.70. The van der Waals surface area contributed by atoms with E-state index in [1.807, 2.05) is 0 Å². The first kappa shape index (κ1) is 18.2. The number of alkyl halides is 3. The predicted octanol–water partition coefficient (Wildman–Crippen LogP) is 2.74. The number of amides is 1. The Morgan fingerprint density at radius 2 is 2.04 bits per heavy atom. The van der Waals surface area contributed by atoms with Gasteiger partial charge in [-0.25, -0.2) is 8.42 Å². The van der Waals surface area contributed by atoms with E-state index in [0.717, 1.165) is 0 Å². The molecule has 0 spiro atoms. The average molecular weight is 440 g/mol. The first-order valence-electron chi connectivity index (χ1n) is 7.23. The highest BCUT2D eigenvalue weighted by atomic mass is 79.9. The molecule has 1 amide bonds. The molecular formula is C14H13BrF3N3O3S. The Morgan fingerprint density at radius 1 is 1.36 bits per heavy atom. The molecule has 6 nitrogen and oxygen atoms in total. The van der Waals surface area contributed by atoms with Crippen LogP contribution in [0.2, 0.25) is 0 Å². The van der Waals surface area contributed by atoms with Gasteiger partial charge in [-0.05, 0) is 31.0 Å². The molecule has 1 fully saturated rings. The minimum atomic E-state index is -4.69. The smallest absolute Gasteiger partial charge is 0.364 e. The number of H-pyrrole nitrogens is 1. The Morgan fingerprint density at radius 3 is 2.64 bits per heavy atom. The van der Waals surface area contributed by atoms with Crippen LogP contribution in [-0.2, 0) is 10.0 Å². The van der Waals surface area contributed by atoms with Crippen LogP contribution in [0.25, 0.3) is 10.9 Å². The van der Waals surface area contributed by atoms with Crippen LogP contribution in [0.4, 0.5) is 13.2 Å². The summed E-state index contributed by atoms with van der Waals surface area (Å²) in [6.45, 7) is -0.272. The molecule has 1 aromatic carbocycles. The second-order valence-corrected chi connectivity index (χ2v) is 8.44. The molecule has 1 aliphatic heterocycles. The number of sulfonamides is 1. The molecule has 0 radical (unpaired) electrons. The summed E-state index contributed by atoms with van der Waals surface area (Å²) in [5.74, 6) is -1.06. The van der Waals surface area contributed by atoms with E-state index in [1.165, 1.54) is 12.1 Å². The van der Waals surface area contributed by atoms with Crippen molar-refractivity contribution in [2.24, 2.45) is 5.73 Å². The van der Waals surface area contributed by atoms with Crippen molar-refractivity contribution in [3.05, 3.63) is 28.4 Å². The Hall–Kier alpha value is -1.59. The van der Waals surface area contributed by atoms with Crippen LogP contribution in [0.15, 0.2) is 27.6 Å². The molecule has 0 aliphatic carbocycles. The summed E-state index contributed by atoms with van der Waals surface area (Å²) in [4.78, 5) is 13.8. The maximum atomic E-state index is 13.2. The van der Waals surface area contributed by atoms with E-state index in [2.05, 4.69) is 20.9 Å². The predicted molar refractivity (Wildman–Crippen MR) is 87.5 cm³/mol. The summed E-state index contributed by atoms with van der Waals surface area (Å²) < 4.78 is 66.5. The van der Waals surface area contributed by atoms with E-state index < -0.39 is 38.7 Å². The number of aromatic amines is 1. The van der Waals surface area contributed by atoms with Crippen LogP contribution in [0, 0.1) is 0 Å². The molecule has 3 N–H and O–H groups in total. The Balaban J connectivity index is 2.25. The number of carbonyl (C=O) groups excluding carboxylic acids is 1. The molecule has 11 heteroatoms. The number of rotatable bonds is 3. The van der Waals surface area contributed by atoms with E-state index in [4.69, 9.17) is 5.73 Å². The van der Waals surface area contributed by atoms with Crippen LogP contribution in [-0.4, -0.2) is 42.4 Å². The molecule has 0 bridgehead atoms. The molecular weight excluding hydrogens is 427 g/mol. The van der Waals surface area contributed by atoms with Gasteiger partial charge < -0.3 is 10.7 Å². The van der Waals surface area contributed by atoms with Crippen molar-refractivity contribution in [3.63, 3.8) is 0 Å². The SMILES string of the molecule is NC(=O)c1[nH]c2ccc(Br)cc2c1S(=O)(=O)N1CCC[C@H]1C(F)(F)F. The summed E-state index contributed by atoms with van der Waals surface area (Å²) in [5.41, 5.74) is 5.11. The van der Waals surface area contributed by atoms with Gasteiger partial charge in [0.15, 0.2) is 0 Å². The van der Waals surface area contributed by atoms with Crippen molar-refractivity contribution in [2.75, 3.05) is 6.54 Å². The lowest BCUT2D eigenvalue weighted by Gasteiger charge is -2.26. The summed E-state index contributed by atoms with van der Waals surface area (Å²) in [7, 11) is -4.59. The number of benzene rings is 1. The van der Waals surface area contributed by atoms with Crippen molar-refractivity contribution in [3.8, 4) is 0 Å². The molecule has 3 rings (SSSR count). The normalized spacial score (nSPS) is 19.6. The van der Waals surface area contributed by atoms with Gasteiger partial charge in [-0.3, -0.25) is 4.79 Å². The number of halogens is 4. The zero-order valence-electron chi connectivity index (χ0n) is 12.6. The zero-order chi connectivity index (χ0) is 18.6. The van der Waals surface area contributed by atoms with Crippen molar-refractivity contribution in [1.82, 2.24) is 9.29 Å². The highest BCUT2D eigenvalue weighted by Crippen LogP contribution is 2.39. The minimum absolute atomic E-state index is 0.0847. The van der Waals surface area contributed by atoms with Crippen molar-refractivity contribution in [2.45, 2.75) is 30.0 Å².